The van der Waals surface area contributed by atoms with Crippen LogP contribution in [0.2, 0.25) is 0 Å². The number of nitrogens with zero attached hydrogens (tertiary/aromatic N) is 1. The van der Waals surface area contributed by atoms with Crippen LogP contribution in [0.1, 0.15) is 31.4 Å². The summed E-state index contributed by atoms with van der Waals surface area (Å²) in [6.45, 7) is 3.85. The van der Waals surface area contributed by atoms with E-state index in [9.17, 15) is 22.8 Å². The molecule has 4 nitrogen and oxygen atoms in total. The molecule has 1 aromatic carbocycles. The molecule has 120 valence electrons. The minimum absolute atomic E-state index is 0.0304. The Morgan fingerprint density at radius 1 is 1.18 bits per heavy atom. The van der Waals surface area contributed by atoms with Gasteiger partial charge in [-0.15, -0.1) is 0 Å². The third-order valence-corrected chi connectivity index (χ3v) is 3.44. The van der Waals surface area contributed by atoms with Gasteiger partial charge >= 0.3 is 12.2 Å². The number of amides is 3. The molecule has 0 spiro atoms. The Labute approximate surface area is 126 Å². The number of alkyl halides is 3. The summed E-state index contributed by atoms with van der Waals surface area (Å²) in [6, 6.07) is 3.38. The summed E-state index contributed by atoms with van der Waals surface area (Å²) in [5, 5.41) is 2.60. The minimum Gasteiger partial charge on any atom is -0.326 e. The predicted molar refractivity (Wildman–Crippen MR) is 73.8 cm³/mol. The lowest BCUT2D eigenvalue weighted by molar-refractivity contribution is -0.137. The largest absolute Gasteiger partial charge is 0.416 e. The molecule has 1 N–H and O–H groups in total. The molecule has 0 saturated carbocycles. The van der Waals surface area contributed by atoms with E-state index in [2.05, 4.69) is 5.32 Å². The number of imide groups is 1. The Morgan fingerprint density at radius 3 is 2.27 bits per heavy atom. The summed E-state index contributed by atoms with van der Waals surface area (Å²) in [7, 11) is 0. The van der Waals surface area contributed by atoms with Crippen LogP contribution in [0.5, 0.6) is 0 Å². The van der Waals surface area contributed by atoms with Gasteiger partial charge in [-0.05, 0) is 30.0 Å². The second-order valence-corrected chi connectivity index (χ2v) is 5.75. The minimum atomic E-state index is -4.40. The van der Waals surface area contributed by atoms with Crippen molar-refractivity contribution in [3.8, 4) is 0 Å². The third-order valence-electron chi connectivity index (χ3n) is 3.44. The Balaban J connectivity index is 2.07. The Kier molecular flexibility index (Phi) is 4.44. The van der Waals surface area contributed by atoms with E-state index >= 15 is 0 Å². The lowest BCUT2D eigenvalue weighted by Gasteiger charge is -2.14. The lowest BCUT2D eigenvalue weighted by Crippen LogP contribution is -2.31. The van der Waals surface area contributed by atoms with Gasteiger partial charge < -0.3 is 5.32 Å². The Morgan fingerprint density at radius 2 is 1.77 bits per heavy atom. The number of nitrogens with one attached hydrogen (secondary N) is 1. The van der Waals surface area contributed by atoms with Crippen molar-refractivity contribution in [1.82, 2.24) is 10.2 Å². The van der Waals surface area contributed by atoms with Crippen LogP contribution in [0.4, 0.5) is 18.0 Å². The summed E-state index contributed by atoms with van der Waals surface area (Å²) in [5.41, 5.74) is -0.284. The van der Waals surface area contributed by atoms with Crippen LogP contribution < -0.4 is 5.32 Å². The fourth-order valence-electron chi connectivity index (χ4n) is 2.34. The molecular weight excluding hydrogens is 297 g/mol. The summed E-state index contributed by atoms with van der Waals surface area (Å²) >= 11 is 0. The normalized spacial score (nSPS) is 19.0. The average Bonchev–Trinajstić information content (AvgIpc) is 2.65. The van der Waals surface area contributed by atoms with E-state index < -0.39 is 23.8 Å². The molecule has 1 atom stereocenters. The van der Waals surface area contributed by atoms with Crippen molar-refractivity contribution in [2.75, 3.05) is 0 Å². The van der Waals surface area contributed by atoms with Gasteiger partial charge in [0.2, 0.25) is 0 Å². The molecule has 1 aliphatic heterocycles. The van der Waals surface area contributed by atoms with Crippen molar-refractivity contribution in [1.29, 1.82) is 0 Å². The van der Waals surface area contributed by atoms with Crippen LogP contribution in [-0.2, 0) is 17.5 Å². The maximum absolute atomic E-state index is 12.5. The molecule has 1 heterocycles. The quantitative estimate of drug-likeness (QED) is 0.868. The standard InChI is InChI=1S/C15H17F3N2O2/c1-9(2)7-12-13(21)20(14(22)19-12)8-10-3-5-11(6-4-10)15(16,17)18/h3-6,9,12H,7-8H2,1-2H3,(H,19,22). The number of hydrogen-bond acceptors (Lipinski definition) is 2. The number of hydrogen-bond donors (Lipinski definition) is 1. The highest BCUT2D eigenvalue weighted by Crippen LogP contribution is 2.29. The first kappa shape index (κ1) is 16.3. The van der Waals surface area contributed by atoms with Gasteiger partial charge in [-0.3, -0.25) is 9.69 Å². The first-order valence-corrected chi connectivity index (χ1v) is 6.96. The Hall–Kier alpha value is -2.05. The molecular formula is C15H17F3N2O2. The molecule has 3 amide bonds. The second kappa shape index (κ2) is 5.98. The van der Waals surface area contributed by atoms with Crippen LogP contribution in [0.25, 0.3) is 0 Å². The highest BCUT2D eigenvalue weighted by Gasteiger charge is 2.38. The molecule has 2 rings (SSSR count). The number of halogens is 3. The first-order chi connectivity index (χ1) is 10.2. The topological polar surface area (TPSA) is 49.4 Å². The maximum Gasteiger partial charge on any atom is 0.416 e. The highest BCUT2D eigenvalue weighted by molar-refractivity contribution is 6.04. The van der Waals surface area contributed by atoms with Crippen molar-refractivity contribution >= 4 is 11.9 Å². The van der Waals surface area contributed by atoms with Gasteiger partial charge in [0.15, 0.2) is 0 Å². The second-order valence-electron chi connectivity index (χ2n) is 5.75. The molecule has 1 fully saturated rings. The Bertz CT molecular complexity index is 567. The molecule has 22 heavy (non-hydrogen) atoms. The van der Waals surface area contributed by atoms with Gasteiger partial charge in [-0.1, -0.05) is 26.0 Å². The summed E-state index contributed by atoms with van der Waals surface area (Å²) in [6.07, 6.45) is -3.87. The first-order valence-electron chi connectivity index (χ1n) is 6.96. The molecule has 1 saturated heterocycles. The smallest absolute Gasteiger partial charge is 0.326 e. The number of rotatable bonds is 4. The van der Waals surface area contributed by atoms with Gasteiger partial charge in [0.05, 0.1) is 12.1 Å². The fraction of sp³-hybridized carbons (Fsp3) is 0.467. The van der Waals surface area contributed by atoms with Crippen molar-refractivity contribution in [2.45, 2.75) is 39.0 Å². The SMILES string of the molecule is CC(C)CC1NC(=O)N(Cc2ccc(C(F)(F)F)cc2)C1=O. The van der Waals surface area contributed by atoms with Crippen molar-refractivity contribution in [3.63, 3.8) is 0 Å². The van der Waals surface area contributed by atoms with Gasteiger partial charge in [0.1, 0.15) is 6.04 Å². The zero-order valence-corrected chi connectivity index (χ0v) is 12.3. The van der Waals surface area contributed by atoms with E-state index in [0.29, 0.717) is 12.0 Å². The highest BCUT2D eigenvalue weighted by atomic mass is 19.4. The van der Waals surface area contributed by atoms with E-state index in [0.717, 1.165) is 17.0 Å². The lowest BCUT2D eigenvalue weighted by atomic mass is 10.0. The number of urea groups is 1. The van der Waals surface area contributed by atoms with Crippen LogP contribution in [0.3, 0.4) is 0 Å². The number of carbonyl (C=O) groups excluding carboxylic acids is 2. The molecule has 0 aromatic heterocycles. The molecule has 1 aliphatic rings. The van der Waals surface area contributed by atoms with Gasteiger partial charge in [-0.25, -0.2) is 4.79 Å². The summed E-state index contributed by atoms with van der Waals surface area (Å²) in [4.78, 5) is 25.0. The maximum atomic E-state index is 12.5. The predicted octanol–water partition coefficient (Wildman–Crippen LogP) is 3.17. The van der Waals surface area contributed by atoms with Crippen LogP contribution in [0.15, 0.2) is 24.3 Å². The van der Waals surface area contributed by atoms with E-state index in [-0.39, 0.29) is 18.4 Å². The van der Waals surface area contributed by atoms with Crippen LogP contribution in [-0.4, -0.2) is 22.9 Å². The van der Waals surface area contributed by atoms with E-state index in [4.69, 9.17) is 0 Å². The zero-order chi connectivity index (χ0) is 16.5. The van der Waals surface area contributed by atoms with Gasteiger partial charge in [0.25, 0.3) is 5.91 Å². The van der Waals surface area contributed by atoms with E-state index in [1.54, 1.807) is 0 Å². The van der Waals surface area contributed by atoms with Crippen molar-refractivity contribution in [3.05, 3.63) is 35.4 Å². The fourth-order valence-corrected chi connectivity index (χ4v) is 2.34. The zero-order valence-electron chi connectivity index (χ0n) is 12.3. The summed E-state index contributed by atoms with van der Waals surface area (Å²) < 4.78 is 37.5. The molecule has 7 heteroatoms. The van der Waals surface area contributed by atoms with Gasteiger partial charge in [0, 0.05) is 0 Å². The molecule has 0 bridgehead atoms. The monoisotopic (exact) mass is 314 g/mol. The van der Waals surface area contributed by atoms with E-state index in [1.165, 1.54) is 12.1 Å². The molecule has 0 aliphatic carbocycles. The van der Waals surface area contributed by atoms with Crippen LogP contribution in [0, 0.1) is 5.92 Å². The van der Waals surface area contributed by atoms with Gasteiger partial charge in [-0.2, -0.15) is 13.2 Å². The van der Waals surface area contributed by atoms with Crippen molar-refractivity contribution in [2.24, 2.45) is 5.92 Å². The van der Waals surface area contributed by atoms with E-state index in [1.807, 2.05) is 13.8 Å². The third kappa shape index (κ3) is 3.58. The number of benzene rings is 1. The molecule has 0 radical (unpaired) electrons. The molecule has 1 unspecified atom stereocenters. The van der Waals surface area contributed by atoms with Crippen LogP contribution >= 0.6 is 0 Å². The number of carbonyl (C=O) groups is 2. The summed E-state index contributed by atoms with van der Waals surface area (Å²) in [5.74, 6) is -0.0844. The average molecular weight is 314 g/mol. The van der Waals surface area contributed by atoms with Crippen molar-refractivity contribution < 1.29 is 22.8 Å². The molecule has 1 aromatic rings.